The summed E-state index contributed by atoms with van der Waals surface area (Å²) >= 11 is 0. The van der Waals surface area contributed by atoms with E-state index in [1.807, 2.05) is 14.0 Å². The molecule has 9 atom stereocenters. The molecule has 0 aliphatic heterocycles. The van der Waals surface area contributed by atoms with Crippen LogP contribution in [0.25, 0.3) is 0 Å². The number of carbonyl (C=O) groups is 1. The van der Waals surface area contributed by atoms with Crippen molar-refractivity contribution in [2.75, 3.05) is 7.11 Å². The molecule has 0 amide bonds. The van der Waals surface area contributed by atoms with Gasteiger partial charge in [-0.1, -0.05) is 19.8 Å². The quantitative estimate of drug-likeness (QED) is 0.685. The van der Waals surface area contributed by atoms with Crippen LogP contribution in [0.1, 0.15) is 77.7 Å². The van der Waals surface area contributed by atoms with E-state index in [9.17, 15) is 9.90 Å². The monoisotopic (exact) mass is 452 g/mol. The van der Waals surface area contributed by atoms with Crippen molar-refractivity contribution in [1.82, 2.24) is 9.78 Å². The van der Waals surface area contributed by atoms with E-state index in [1.54, 1.807) is 17.1 Å². The molecule has 1 heterocycles. The first-order valence-corrected chi connectivity index (χ1v) is 12.9. The number of aromatic nitrogens is 2. The van der Waals surface area contributed by atoms with Crippen LogP contribution in [0.3, 0.4) is 0 Å². The molecule has 0 aromatic carbocycles. The normalized spacial score (nSPS) is 46.7. The summed E-state index contributed by atoms with van der Waals surface area (Å²) in [6, 6.07) is 0. The van der Waals surface area contributed by atoms with Crippen LogP contribution in [-0.4, -0.2) is 39.5 Å². The number of hydrogen-bond acceptors (Lipinski definition) is 4. The fourth-order valence-electron chi connectivity index (χ4n) is 8.95. The van der Waals surface area contributed by atoms with Crippen LogP contribution in [0.5, 0.6) is 0 Å². The minimum atomic E-state index is -0.546. The first-order chi connectivity index (χ1) is 15.6. The average Bonchev–Trinajstić information content (AvgIpc) is 3.37. The molecule has 5 heteroatoms. The Balaban J connectivity index is 1.39. The smallest absolute Gasteiger partial charge is 0.157 e. The number of carbonyl (C=O) groups excluding carboxylic acids is 1. The van der Waals surface area contributed by atoms with Gasteiger partial charge >= 0.3 is 0 Å². The molecule has 4 fully saturated rings. The van der Waals surface area contributed by atoms with Gasteiger partial charge in [0.05, 0.1) is 30.0 Å². The Hall–Kier alpha value is -1.64. The number of hydrogen-bond donors (Lipinski definition) is 1. The van der Waals surface area contributed by atoms with Gasteiger partial charge in [0.25, 0.3) is 0 Å². The minimum absolute atomic E-state index is 0.0283. The van der Waals surface area contributed by atoms with E-state index in [2.05, 4.69) is 24.9 Å². The highest BCUT2D eigenvalue weighted by atomic mass is 16.5. The number of aliphatic hydroxyl groups is 1. The molecule has 1 aromatic heterocycles. The third kappa shape index (κ3) is 3.60. The maximum absolute atomic E-state index is 13.5. The first kappa shape index (κ1) is 23.1. The number of nitrogens with zero attached hydrogens (tertiary/aromatic N) is 2. The van der Waals surface area contributed by atoms with Crippen molar-refractivity contribution in [3.8, 4) is 12.3 Å². The molecule has 0 unspecified atom stereocenters. The Kier molecular flexibility index (Phi) is 5.57. The lowest BCUT2D eigenvalue weighted by atomic mass is 9.43. The van der Waals surface area contributed by atoms with Crippen molar-refractivity contribution in [3.05, 3.63) is 18.0 Å². The molecule has 5 nitrogen and oxygen atoms in total. The van der Waals surface area contributed by atoms with E-state index in [1.165, 1.54) is 6.42 Å². The van der Waals surface area contributed by atoms with Gasteiger partial charge in [0.15, 0.2) is 5.78 Å². The fourth-order valence-corrected chi connectivity index (χ4v) is 8.95. The predicted molar refractivity (Wildman–Crippen MR) is 127 cm³/mol. The van der Waals surface area contributed by atoms with E-state index < -0.39 is 5.60 Å². The maximum Gasteiger partial charge on any atom is 0.157 e. The SMILES string of the molecule is C#Cc1cnn(CC(=O)[C@H]2CC[C@H]3[C@@H]4[C@@H](OC)C[C@H]5C[C@](C)(O)CC[C@]5(C)[C@H]4CC[C@]23C)c1. The lowest BCUT2D eigenvalue weighted by molar-refractivity contribution is -0.191. The Labute approximate surface area is 198 Å². The number of ketones is 1. The fraction of sp³-hybridized carbons (Fsp3) is 0.786. The molecular weight excluding hydrogens is 412 g/mol. The molecule has 0 spiro atoms. The second-order valence-corrected chi connectivity index (χ2v) is 12.4. The molecule has 5 rings (SSSR count). The van der Waals surface area contributed by atoms with Crippen molar-refractivity contribution in [2.45, 2.75) is 90.4 Å². The van der Waals surface area contributed by atoms with Gasteiger partial charge < -0.3 is 9.84 Å². The molecule has 4 saturated carbocycles. The maximum atomic E-state index is 13.5. The van der Waals surface area contributed by atoms with Gasteiger partial charge in [-0.05, 0) is 92.8 Å². The lowest BCUT2D eigenvalue weighted by Gasteiger charge is -2.63. The van der Waals surface area contributed by atoms with E-state index in [0.717, 1.165) is 50.5 Å². The number of terminal acetylenes is 1. The summed E-state index contributed by atoms with van der Waals surface area (Å²) in [7, 11) is 1.87. The van der Waals surface area contributed by atoms with Gasteiger partial charge in [-0.3, -0.25) is 9.48 Å². The topological polar surface area (TPSA) is 64.4 Å². The molecule has 0 bridgehead atoms. The largest absolute Gasteiger partial charge is 0.390 e. The van der Waals surface area contributed by atoms with Gasteiger partial charge in [-0.25, -0.2) is 0 Å². The predicted octanol–water partition coefficient (Wildman–Crippen LogP) is 4.47. The standard InChI is InChI=1S/C28H40N2O3/c1-6-18-15-29-30(16-18)17-23(31)20-7-8-21-25-22(9-10-28(20,21)4)27(3)12-11-26(2,32)14-19(27)13-24(25)33-5/h1,15-16,19-22,24-25,32H,7-14,17H2,2-5H3/t19-,20+,21-,22-,24-,25-,26+,27-,28+/m0/s1. The van der Waals surface area contributed by atoms with Crippen LogP contribution in [0, 0.1) is 52.8 Å². The molecular formula is C28H40N2O3. The number of Topliss-reactive ketones (excluding diaryl/α,β-unsaturated/α-hetero) is 1. The first-order valence-electron chi connectivity index (χ1n) is 12.9. The zero-order valence-corrected chi connectivity index (χ0v) is 20.7. The molecule has 33 heavy (non-hydrogen) atoms. The van der Waals surface area contributed by atoms with Crippen molar-refractivity contribution >= 4 is 5.78 Å². The van der Waals surface area contributed by atoms with Crippen molar-refractivity contribution < 1.29 is 14.6 Å². The highest BCUT2D eigenvalue weighted by Crippen LogP contribution is 2.68. The minimum Gasteiger partial charge on any atom is -0.390 e. The highest BCUT2D eigenvalue weighted by molar-refractivity contribution is 5.82. The summed E-state index contributed by atoms with van der Waals surface area (Å²) in [5.74, 6) is 5.14. The zero-order valence-electron chi connectivity index (χ0n) is 20.7. The molecule has 4 aliphatic rings. The van der Waals surface area contributed by atoms with Gasteiger partial charge in [0.1, 0.15) is 0 Å². The Morgan fingerprint density at radius 3 is 2.67 bits per heavy atom. The number of rotatable bonds is 4. The second kappa shape index (κ2) is 7.95. The van der Waals surface area contributed by atoms with Gasteiger partial charge in [0, 0.05) is 19.2 Å². The van der Waals surface area contributed by atoms with E-state index >= 15 is 0 Å². The Morgan fingerprint density at radius 1 is 1.21 bits per heavy atom. The van der Waals surface area contributed by atoms with Gasteiger partial charge in [0.2, 0.25) is 0 Å². The third-order valence-corrected chi connectivity index (χ3v) is 10.8. The summed E-state index contributed by atoms with van der Waals surface area (Å²) in [4.78, 5) is 13.5. The van der Waals surface area contributed by atoms with Crippen LogP contribution in [0.2, 0.25) is 0 Å². The van der Waals surface area contributed by atoms with Crippen LogP contribution < -0.4 is 0 Å². The summed E-state index contributed by atoms with van der Waals surface area (Å²) in [6.45, 7) is 7.20. The molecule has 1 N–H and O–H groups in total. The third-order valence-electron chi connectivity index (χ3n) is 10.8. The average molecular weight is 453 g/mol. The van der Waals surface area contributed by atoms with E-state index in [0.29, 0.717) is 36.0 Å². The summed E-state index contributed by atoms with van der Waals surface area (Å²) in [6.07, 6.45) is 17.4. The molecule has 1 aromatic rings. The summed E-state index contributed by atoms with van der Waals surface area (Å²) < 4.78 is 7.89. The number of ether oxygens (including phenoxy) is 1. The summed E-state index contributed by atoms with van der Waals surface area (Å²) in [5, 5.41) is 15.1. The zero-order chi connectivity index (χ0) is 23.6. The van der Waals surface area contributed by atoms with Crippen molar-refractivity contribution in [2.24, 2.45) is 40.4 Å². The van der Waals surface area contributed by atoms with Gasteiger partial charge in [-0.15, -0.1) is 6.42 Å². The number of methoxy groups -OCH3 is 1. The van der Waals surface area contributed by atoms with E-state index in [-0.39, 0.29) is 22.9 Å². The molecule has 4 aliphatic carbocycles. The Morgan fingerprint density at radius 2 is 1.97 bits per heavy atom. The van der Waals surface area contributed by atoms with Gasteiger partial charge in [-0.2, -0.15) is 5.10 Å². The lowest BCUT2D eigenvalue weighted by Crippen LogP contribution is -2.60. The molecule has 0 saturated heterocycles. The van der Waals surface area contributed by atoms with Crippen molar-refractivity contribution in [1.29, 1.82) is 0 Å². The number of fused-ring (bicyclic) bond motifs is 5. The van der Waals surface area contributed by atoms with Crippen LogP contribution in [0.4, 0.5) is 0 Å². The Bertz CT molecular complexity index is 961. The van der Waals surface area contributed by atoms with Crippen LogP contribution in [0.15, 0.2) is 12.4 Å². The van der Waals surface area contributed by atoms with E-state index in [4.69, 9.17) is 11.2 Å². The highest BCUT2D eigenvalue weighted by Gasteiger charge is 2.64. The van der Waals surface area contributed by atoms with Crippen LogP contribution >= 0.6 is 0 Å². The molecule has 0 radical (unpaired) electrons. The van der Waals surface area contributed by atoms with Crippen molar-refractivity contribution in [3.63, 3.8) is 0 Å². The van der Waals surface area contributed by atoms with Crippen LogP contribution in [-0.2, 0) is 16.1 Å². The summed E-state index contributed by atoms with van der Waals surface area (Å²) in [5.41, 5.74) is 0.472. The molecule has 180 valence electrons. The second-order valence-electron chi connectivity index (χ2n) is 12.4.